The van der Waals surface area contributed by atoms with Crippen molar-refractivity contribution in [2.45, 2.75) is 12.5 Å². The van der Waals surface area contributed by atoms with Crippen molar-refractivity contribution in [1.82, 2.24) is 5.32 Å². The largest absolute Gasteiger partial charge is 0.491 e. The molecule has 19 heavy (non-hydrogen) atoms. The molecule has 7 heteroatoms. The summed E-state index contributed by atoms with van der Waals surface area (Å²) in [5.41, 5.74) is 0. The van der Waals surface area contributed by atoms with Crippen LogP contribution < -0.4 is 10.1 Å². The Labute approximate surface area is 114 Å². The summed E-state index contributed by atoms with van der Waals surface area (Å²) < 4.78 is 5.29. The normalized spacial score (nSPS) is 11.7. The second-order valence-electron chi connectivity index (χ2n) is 3.69. The summed E-state index contributed by atoms with van der Waals surface area (Å²) in [6, 6.07) is 6.86. The molecule has 104 valence electrons. The lowest BCUT2D eigenvalue weighted by Gasteiger charge is -2.09. The van der Waals surface area contributed by atoms with Crippen LogP contribution >= 0.6 is 11.6 Å². The summed E-state index contributed by atoms with van der Waals surface area (Å²) in [7, 11) is 0. The van der Waals surface area contributed by atoms with Crippen LogP contribution in [0.2, 0.25) is 5.02 Å². The number of hydrogen-bond donors (Lipinski definition) is 3. The fraction of sp³-hybridized carbons (Fsp3) is 0.333. The lowest BCUT2D eigenvalue weighted by atomic mass is 10.3. The molecule has 0 aromatic heterocycles. The molecule has 1 rings (SSSR count). The highest BCUT2D eigenvalue weighted by molar-refractivity contribution is 6.32. The predicted molar refractivity (Wildman–Crippen MR) is 68.2 cm³/mol. The standard InChI is InChI=1S/C12H14ClNO5/c13-8-3-1-2-4-10(8)19-6-5-11(16)14-7-9(15)12(17)18/h1-4,9,15H,5-7H2,(H,14,16)(H,17,18). The Bertz CT molecular complexity index is 452. The van der Waals surface area contributed by atoms with E-state index in [4.69, 9.17) is 26.6 Å². The zero-order valence-electron chi connectivity index (χ0n) is 10.0. The molecule has 1 amide bonds. The van der Waals surface area contributed by atoms with E-state index in [-0.39, 0.29) is 19.6 Å². The van der Waals surface area contributed by atoms with E-state index in [1.54, 1.807) is 24.3 Å². The van der Waals surface area contributed by atoms with Crippen molar-refractivity contribution in [3.8, 4) is 5.75 Å². The van der Waals surface area contributed by atoms with Gasteiger partial charge in [0.15, 0.2) is 6.10 Å². The first-order valence-corrected chi connectivity index (χ1v) is 5.93. The van der Waals surface area contributed by atoms with Gasteiger partial charge in [0, 0.05) is 0 Å². The van der Waals surface area contributed by atoms with Gasteiger partial charge in [-0.15, -0.1) is 0 Å². The Morgan fingerprint density at radius 3 is 2.68 bits per heavy atom. The van der Waals surface area contributed by atoms with Crippen molar-refractivity contribution in [2.24, 2.45) is 0 Å². The van der Waals surface area contributed by atoms with Gasteiger partial charge >= 0.3 is 5.97 Å². The van der Waals surface area contributed by atoms with Crippen LogP contribution in [0.3, 0.4) is 0 Å². The molecule has 0 radical (unpaired) electrons. The van der Waals surface area contributed by atoms with Crippen LogP contribution in [0.1, 0.15) is 6.42 Å². The molecule has 0 heterocycles. The average Bonchev–Trinajstić information content (AvgIpc) is 2.38. The number of carbonyl (C=O) groups is 2. The van der Waals surface area contributed by atoms with E-state index in [2.05, 4.69) is 5.32 Å². The Balaban J connectivity index is 2.24. The van der Waals surface area contributed by atoms with E-state index in [0.717, 1.165) is 0 Å². The summed E-state index contributed by atoms with van der Waals surface area (Å²) in [6.45, 7) is -0.223. The molecule has 1 aromatic rings. The topological polar surface area (TPSA) is 95.9 Å². The summed E-state index contributed by atoms with van der Waals surface area (Å²) in [4.78, 5) is 21.6. The van der Waals surface area contributed by atoms with Gasteiger partial charge in [0.05, 0.1) is 24.6 Å². The lowest BCUT2D eigenvalue weighted by Crippen LogP contribution is -2.36. The van der Waals surface area contributed by atoms with Crippen molar-refractivity contribution >= 4 is 23.5 Å². The Kier molecular flexibility index (Phi) is 6.11. The number of nitrogens with one attached hydrogen (secondary N) is 1. The molecule has 1 unspecified atom stereocenters. The number of aliphatic hydroxyl groups excluding tert-OH is 1. The van der Waals surface area contributed by atoms with E-state index in [1.165, 1.54) is 0 Å². The van der Waals surface area contributed by atoms with Crippen LogP contribution in [0.15, 0.2) is 24.3 Å². The fourth-order valence-electron chi connectivity index (χ4n) is 1.20. The van der Waals surface area contributed by atoms with E-state index in [1.807, 2.05) is 0 Å². The number of hydrogen-bond acceptors (Lipinski definition) is 4. The highest BCUT2D eigenvalue weighted by Crippen LogP contribution is 2.22. The van der Waals surface area contributed by atoms with Gasteiger partial charge in [-0.25, -0.2) is 4.79 Å². The van der Waals surface area contributed by atoms with Crippen molar-refractivity contribution in [2.75, 3.05) is 13.2 Å². The van der Waals surface area contributed by atoms with Crippen LogP contribution in [-0.2, 0) is 9.59 Å². The third kappa shape index (κ3) is 5.58. The van der Waals surface area contributed by atoms with Gasteiger partial charge in [-0.2, -0.15) is 0 Å². The number of aliphatic hydroxyl groups is 1. The van der Waals surface area contributed by atoms with Crippen LogP contribution in [0, 0.1) is 0 Å². The lowest BCUT2D eigenvalue weighted by molar-refractivity contribution is -0.146. The second-order valence-corrected chi connectivity index (χ2v) is 4.09. The number of benzene rings is 1. The molecule has 0 spiro atoms. The monoisotopic (exact) mass is 287 g/mol. The minimum atomic E-state index is -1.60. The van der Waals surface area contributed by atoms with Crippen LogP contribution in [0.5, 0.6) is 5.75 Å². The highest BCUT2D eigenvalue weighted by atomic mass is 35.5. The average molecular weight is 288 g/mol. The van der Waals surface area contributed by atoms with Gasteiger partial charge in [0.1, 0.15) is 5.75 Å². The molecular formula is C12H14ClNO5. The fourth-order valence-corrected chi connectivity index (χ4v) is 1.39. The smallest absolute Gasteiger partial charge is 0.334 e. The molecule has 0 aliphatic carbocycles. The first-order chi connectivity index (χ1) is 9.00. The van der Waals surface area contributed by atoms with E-state index >= 15 is 0 Å². The number of amides is 1. The number of aliphatic carboxylic acids is 1. The van der Waals surface area contributed by atoms with Crippen LogP contribution in [0.4, 0.5) is 0 Å². The zero-order chi connectivity index (χ0) is 14.3. The van der Waals surface area contributed by atoms with Crippen molar-refractivity contribution < 1.29 is 24.5 Å². The van der Waals surface area contributed by atoms with Crippen LogP contribution in [-0.4, -0.2) is 41.3 Å². The van der Waals surface area contributed by atoms with Crippen molar-refractivity contribution in [1.29, 1.82) is 0 Å². The molecule has 3 N–H and O–H groups in total. The Morgan fingerprint density at radius 1 is 1.37 bits per heavy atom. The number of halogens is 1. The number of rotatable bonds is 7. The molecule has 0 bridgehead atoms. The van der Waals surface area contributed by atoms with Gasteiger partial charge in [0.25, 0.3) is 0 Å². The highest BCUT2D eigenvalue weighted by Gasteiger charge is 2.13. The van der Waals surface area contributed by atoms with Gasteiger partial charge in [-0.05, 0) is 12.1 Å². The minimum Gasteiger partial charge on any atom is -0.491 e. The van der Waals surface area contributed by atoms with Gasteiger partial charge in [0.2, 0.25) is 5.91 Å². The molecular weight excluding hydrogens is 274 g/mol. The first kappa shape index (κ1) is 15.3. The number of carboxylic acids is 1. The third-order valence-electron chi connectivity index (χ3n) is 2.20. The Hall–Kier alpha value is -1.79. The summed E-state index contributed by atoms with van der Waals surface area (Å²) in [6.07, 6.45) is -1.56. The zero-order valence-corrected chi connectivity index (χ0v) is 10.8. The quantitative estimate of drug-likeness (QED) is 0.685. The SMILES string of the molecule is O=C(CCOc1ccccc1Cl)NCC(O)C(=O)O. The van der Waals surface area contributed by atoms with Crippen molar-refractivity contribution in [3.05, 3.63) is 29.3 Å². The van der Waals surface area contributed by atoms with E-state index in [0.29, 0.717) is 10.8 Å². The molecule has 0 aliphatic rings. The maximum Gasteiger partial charge on any atom is 0.334 e. The molecule has 1 atom stereocenters. The number of ether oxygens (including phenoxy) is 1. The van der Waals surface area contributed by atoms with Gasteiger partial charge in [-0.3, -0.25) is 4.79 Å². The summed E-state index contributed by atoms with van der Waals surface area (Å²) in [5.74, 6) is -1.32. The molecule has 0 fully saturated rings. The predicted octanol–water partition coefficient (Wildman–Crippen LogP) is 0.671. The first-order valence-electron chi connectivity index (χ1n) is 5.55. The second kappa shape index (κ2) is 7.60. The van der Waals surface area contributed by atoms with E-state index < -0.39 is 18.0 Å². The van der Waals surface area contributed by atoms with Gasteiger partial charge < -0.3 is 20.3 Å². The van der Waals surface area contributed by atoms with Gasteiger partial charge in [-0.1, -0.05) is 23.7 Å². The molecule has 1 aromatic carbocycles. The van der Waals surface area contributed by atoms with Crippen molar-refractivity contribution in [3.63, 3.8) is 0 Å². The number of carbonyl (C=O) groups excluding carboxylic acids is 1. The molecule has 0 saturated carbocycles. The maximum absolute atomic E-state index is 11.3. The number of para-hydroxylation sites is 1. The minimum absolute atomic E-state index is 0.0392. The third-order valence-corrected chi connectivity index (χ3v) is 2.51. The molecule has 0 aliphatic heterocycles. The maximum atomic E-state index is 11.3. The molecule has 0 saturated heterocycles. The van der Waals surface area contributed by atoms with E-state index in [9.17, 15) is 9.59 Å². The Morgan fingerprint density at radius 2 is 2.05 bits per heavy atom. The van der Waals surface area contributed by atoms with Crippen LogP contribution in [0.25, 0.3) is 0 Å². The summed E-state index contributed by atoms with van der Waals surface area (Å²) in [5, 5.41) is 20.1. The summed E-state index contributed by atoms with van der Waals surface area (Å²) >= 11 is 5.85. The number of carboxylic acid groups (broad SMARTS) is 1. The molecule has 6 nitrogen and oxygen atoms in total.